The molecule has 1 saturated heterocycles. The van der Waals surface area contributed by atoms with E-state index in [2.05, 4.69) is 0 Å². The average Bonchev–Trinajstić information content (AvgIpc) is 2.42. The fourth-order valence-electron chi connectivity index (χ4n) is 1.43. The molecule has 74 valence electrons. The van der Waals surface area contributed by atoms with E-state index in [0.717, 1.165) is 19.3 Å². The van der Waals surface area contributed by atoms with E-state index in [0.29, 0.717) is 19.4 Å². The first-order valence-corrected chi connectivity index (χ1v) is 4.70. The molecule has 0 radical (unpaired) electrons. The number of aliphatic hydroxyl groups is 1. The first-order chi connectivity index (χ1) is 6.25. The van der Waals surface area contributed by atoms with Crippen LogP contribution in [0.5, 0.6) is 0 Å². The fraction of sp³-hybridized carbons (Fsp3) is 0.778. The third-order valence-corrected chi connectivity index (χ3v) is 2.19. The number of hydrogen-bond acceptors (Lipinski definition) is 3. The van der Waals surface area contributed by atoms with E-state index in [1.54, 1.807) is 0 Å². The number of carbonyl (C=O) groups is 2. The summed E-state index contributed by atoms with van der Waals surface area (Å²) >= 11 is 0. The summed E-state index contributed by atoms with van der Waals surface area (Å²) in [7, 11) is 0. The Morgan fingerprint density at radius 1 is 1.08 bits per heavy atom. The highest BCUT2D eigenvalue weighted by molar-refractivity contribution is 6.01. The van der Waals surface area contributed by atoms with Crippen molar-refractivity contribution in [1.82, 2.24) is 4.90 Å². The van der Waals surface area contributed by atoms with E-state index in [1.165, 1.54) is 4.90 Å². The predicted octanol–water partition coefficient (Wildman–Crippen LogP) is 0.298. The number of unbranched alkanes of at least 4 members (excludes halogenated alkanes) is 2. The first-order valence-electron chi connectivity index (χ1n) is 4.70. The maximum absolute atomic E-state index is 11.1. The molecule has 0 spiro atoms. The van der Waals surface area contributed by atoms with Gasteiger partial charge in [0.1, 0.15) is 0 Å². The highest BCUT2D eigenvalue weighted by Crippen LogP contribution is 2.12. The molecular formula is C9H15NO3. The zero-order valence-corrected chi connectivity index (χ0v) is 7.66. The smallest absolute Gasteiger partial charge is 0.229 e. The molecule has 1 heterocycles. The zero-order valence-electron chi connectivity index (χ0n) is 7.66. The molecule has 0 unspecified atom stereocenters. The van der Waals surface area contributed by atoms with E-state index in [4.69, 9.17) is 5.11 Å². The van der Waals surface area contributed by atoms with Gasteiger partial charge in [0.25, 0.3) is 0 Å². The summed E-state index contributed by atoms with van der Waals surface area (Å²) < 4.78 is 0. The van der Waals surface area contributed by atoms with Crippen molar-refractivity contribution in [3.63, 3.8) is 0 Å². The minimum atomic E-state index is -0.0472. The number of hydrogen-bond donors (Lipinski definition) is 1. The van der Waals surface area contributed by atoms with Crippen molar-refractivity contribution in [2.24, 2.45) is 0 Å². The Morgan fingerprint density at radius 3 is 2.23 bits per heavy atom. The van der Waals surface area contributed by atoms with Gasteiger partial charge in [-0.15, -0.1) is 0 Å². The van der Waals surface area contributed by atoms with Crippen LogP contribution in [0.25, 0.3) is 0 Å². The summed E-state index contributed by atoms with van der Waals surface area (Å²) in [5.41, 5.74) is 0. The molecule has 0 aliphatic carbocycles. The predicted molar refractivity (Wildman–Crippen MR) is 46.9 cm³/mol. The summed E-state index contributed by atoms with van der Waals surface area (Å²) in [6, 6.07) is 0. The molecule has 1 aliphatic heterocycles. The Kier molecular flexibility index (Phi) is 3.89. The Hall–Kier alpha value is -0.900. The lowest BCUT2D eigenvalue weighted by Crippen LogP contribution is -2.29. The quantitative estimate of drug-likeness (QED) is 0.495. The summed E-state index contributed by atoms with van der Waals surface area (Å²) in [5.74, 6) is -0.0944. The van der Waals surface area contributed by atoms with Gasteiger partial charge in [-0.25, -0.2) is 0 Å². The van der Waals surface area contributed by atoms with Gasteiger partial charge in [0.15, 0.2) is 0 Å². The molecule has 0 aromatic carbocycles. The van der Waals surface area contributed by atoms with Crippen LogP contribution in [0.1, 0.15) is 32.1 Å². The van der Waals surface area contributed by atoms with Gasteiger partial charge in [-0.1, -0.05) is 0 Å². The van der Waals surface area contributed by atoms with Crippen LogP contribution < -0.4 is 0 Å². The van der Waals surface area contributed by atoms with Crippen molar-refractivity contribution in [2.75, 3.05) is 13.2 Å². The number of rotatable bonds is 5. The lowest BCUT2D eigenvalue weighted by Gasteiger charge is -2.12. The first kappa shape index (κ1) is 10.2. The van der Waals surface area contributed by atoms with Crippen molar-refractivity contribution in [3.8, 4) is 0 Å². The average molecular weight is 185 g/mol. The Labute approximate surface area is 77.5 Å². The van der Waals surface area contributed by atoms with Gasteiger partial charge in [-0.2, -0.15) is 0 Å². The van der Waals surface area contributed by atoms with Crippen LogP contribution in [0.2, 0.25) is 0 Å². The number of imide groups is 1. The molecule has 0 bridgehead atoms. The van der Waals surface area contributed by atoms with Crippen LogP contribution in [-0.4, -0.2) is 35.0 Å². The molecule has 4 heteroatoms. The van der Waals surface area contributed by atoms with E-state index >= 15 is 0 Å². The largest absolute Gasteiger partial charge is 0.396 e. The minimum Gasteiger partial charge on any atom is -0.396 e. The molecule has 1 N–H and O–H groups in total. The third kappa shape index (κ3) is 2.81. The summed E-state index contributed by atoms with van der Waals surface area (Å²) in [6.45, 7) is 0.708. The number of carbonyl (C=O) groups excluding carboxylic acids is 2. The molecule has 1 rings (SSSR count). The van der Waals surface area contributed by atoms with Gasteiger partial charge in [0, 0.05) is 26.0 Å². The van der Waals surface area contributed by atoms with Crippen LogP contribution in [-0.2, 0) is 9.59 Å². The van der Waals surface area contributed by atoms with Crippen LogP contribution in [0.15, 0.2) is 0 Å². The number of likely N-dealkylation sites (tertiary alicyclic amines) is 1. The maximum atomic E-state index is 11.1. The van der Waals surface area contributed by atoms with Crippen molar-refractivity contribution >= 4 is 11.8 Å². The van der Waals surface area contributed by atoms with Crippen LogP contribution in [0.3, 0.4) is 0 Å². The van der Waals surface area contributed by atoms with E-state index in [1.807, 2.05) is 0 Å². The Bertz CT molecular complexity index is 187. The SMILES string of the molecule is O=C1CCC(=O)N1CCCCCO. The van der Waals surface area contributed by atoms with Crippen molar-refractivity contribution in [2.45, 2.75) is 32.1 Å². The monoisotopic (exact) mass is 185 g/mol. The van der Waals surface area contributed by atoms with Crippen molar-refractivity contribution < 1.29 is 14.7 Å². The molecule has 1 fully saturated rings. The van der Waals surface area contributed by atoms with Gasteiger partial charge >= 0.3 is 0 Å². The van der Waals surface area contributed by atoms with Gasteiger partial charge < -0.3 is 5.11 Å². The van der Waals surface area contributed by atoms with Crippen LogP contribution in [0.4, 0.5) is 0 Å². The molecule has 0 aromatic heterocycles. The Balaban J connectivity index is 2.20. The summed E-state index contributed by atoms with van der Waals surface area (Å²) in [4.78, 5) is 23.5. The van der Waals surface area contributed by atoms with Crippen molar-refractivity contribution in [3.05, 3.63) is 0 Å². The lowest BCUT2D eigenvalue weighted by atomic mass is 10.2. The van der Waals surface area contributed by atoms with Gasteiger partial charge in [-0.05, 0) is 19.3 Å². The molecule has 1 aliphatic rings. The second kappa shape index (κ2) is 4.97. The second-order valence-corrected chi connectivity index (χ2v) is 3.22. The maximum Gasteiger partial charge on any atom is 0.229 e. The minimum absolute atomic E-state index is 0.0472. The number of nitrogens with zero attached hydrogens (tertiary/aromatic N) is 1. The number of amides is 2. The Morgan fingerprint density at radius 2 is 1.69 bits per heavy atom. The molecular weight excluding hydrogens is 170 g/mol. The van der Waals surface area contributed by atoms with Crippen LogP contribution in [0, 0.1) is 0 Å². The molecule has 0 aromatic rings. The second-order valence-electron chi connectivity index (χ2n) is 3.22. The normalized spacial score (nSPS) is 17.2. The van der Waals surface area contributed by atoms with Crippen LogP contribution >= 0.6 is 0 Å². The zero-order chi connectivity index (χ0) is 9.68. The van der Waals surface area contributed by atoms with E-state index in [9.17, 15) is 9.59 Å². The third-order valence-electron chi connectivity index (χ3n) is 2.19. The van der Waals surface area contributed by atoms with E-state index < -0.39 is 0 Å². The van der Waals surface area contributed by atoms with Gasteiger partial charge in [0.2, 0.25) is 11.8 Å². The summed E-state index contributed by atoms with van der Waals surface area (Å²) in [6.07, 6.45) is 3.17. The molecule has 0 atom stereocenters. The lowest BCUT2D eigenvalue weighted by molar-refractivity contribution is -0.138. The highest BCUT2D eigenvalue weighted by atomic mass is 16.3. The highest BCUT2D eigenvalue weighted by Gasteiger charge is 2.27. The fourth-order valence-corrected chi connectivity index (χ4v) is 1.43. The molecule has 13 heavy (non-hydrogen) atoms. The standard InChI is InChI=1S/C9H15NO3/c11-7-3-1-2-6-10-8(12)4-5-9(10)13/h11H,1-7H2. The van der Waals surface area contributed by atoms with Gasteiger partial charge in [0.05, 0.1) is 0 Å². The molecule has 2 amide bonds. The van der Waals surface area contributed by atoms with Crippen molar-refractivity contribution in [1.29, 1.82) is 0 Å². The summed E-state index contributed by atoms with van der Waals surface area (Å²) in [5, 5.41) is 8.51. The molecule has 4 nitrogen and oxygen atoms in total. The molecule has 0 saturated carbocycles. The van der Waals surface area contributed by atoms with E-state index in [-0.39, 0.29) is 18.4 Å². The van der Waals surface area contributed by atoms with Gasteiger partial charge in [-0.3, -0.25) is 14.5 Å². The number of aliphatic hydroxyl groups excluding tert-OH is 1. The topological polar surface area (TPSA) is 57.6 Å².